The van der Waals surface area contributed by atoms with Crippen LogP contribution in [-0.4, -0.2) is 51.0 Å². The van der Waals surface area contributed by atoms with Gasteiger partial charge in [0.25, 0.3) is 0 Å². The van der Waals surface area contributed by atoms with Crippen molar-refractivity contribution < 1.29 is 22.1 Å². The van der Waals surface area contributed by atoms with Crippen molar-refractivity contribution in [1.82, 2.24) is 10.1 Å². The average molecular weight is 515 g/mol. The van der Waals surface area contributed by atoms with Crippen LogP contribution < -0.4 is 4.74 Å². The standard InChI is InChI=1S/C28H35FN2O4S/c1-34-24-7-9-25(10-8-24)36(32,33)19-21-4-2-20(3-5-21)12-15-31-16-13-22(14-17-31)28-26-11-6-23(29)18-27(26)35-30-28/h6-11,18,20-22H,2-5,12-17,19H2,1H3. The van der Waals surface area contributed by atoms with E-state index >= 15 is 0 Å². The molecule has 0 amide bonds. The number of aromatic nitrogens is 1. The number of hydrogen-bond acceptors (Lipinski definition) is 6. The van der Waals surface area contributed by atoms with Crippen LogP contribution in [0.4, 0.5) is 4.39 Å². The molecule has 2 heterocycles. The Morgan fingerprint density at radius 2 is 1.69 bits per heavy atom. The van der Waals surface area contributed by atoms with Crippen LogP contribution in [0.2, 0.25) is 0 Å². The summed E-state index contributed by atoms with van der Waals surface area (Å²) in [7, 11) is -1.69. The van der Waals surface area contributed by atoms with Crippen LogP contribution in [0.5, 0.6) is 5.75 Å². The molecule has 0 atom stereocenters. The Kier molecular flexibility index (Phi) is 7.62. The van der Waals surface area contributed by atoms with Crippen molar-refractivity contribution in [2.75, 3.05) is 32.5 Å². The third-order valence-electron chi connectivity index (χ3n) is 8.13. The number of hydrogen-bond donors (Lipinski definition) is 0. The Hall–Kier alpha value is -2.45. The summed E-state index contributed by atoms with van der Waals surface area (Å²) < 4.78 is 49.6. The van der Waals surface area contributed by atoms with E-state index in [1.54, 1.807) is 37.4 Å². The van der Waals surface area contributed by atoms with E-state index in [1.165, 1.54) is 18.6 Å². The molecule has 2 aliphatic rings. The summed E-state index contributed by atoms with van der Waals surface area (Å²) in [5.41, 5.74) is 1.49. The lowest BCUT2D eigenvalue weighted by Crippen LogP contribution is -2.35. The average Bonchev–Trinajstić information content (AvgIpc) is 3.31. The normalized spacial score (nSPS) is 22.2. The largest absolute Gasteiger partial charge is 0.497 e. The SMILES string of the molecule is COc1ccc(S(=O)(=O)CC2CCC(CCN3CCC(c4noc5cc(F)ccc45)CC3)CC2)cc1. The van der Waals surface area contributed by atoms with E-state index in [4.69, 9.17) is 9.26 Å². The molecular formula is C28H35FN2O4S. The van der Waals surface area contributed by atoms with Crippen molar-refractivity contribution in [3.63, 3.8) is 0 Å². The van der Waals surface area contributed by atoms with Crippen molar-refractivity contribution in [3.05, 3.63) is 54.0 Å². The highest BCUT2D eigenvalue weighted by atomic mass is 32.2. The molecule has 1 aromatic heterocycles. The molecule has 0 N–H and O–H groups in total. The second kappa shape index (κ2) is 10.9. The molecule has 8 heteroatoms. The van der Waals surface area contributed by atoms with Crippen LogP contribution in [-0.2, 0) is 9.84 Å². The lowest BCUT2D eigenvalue weighted by atomic mass is 9.81. The maximum absolute atomic E-state index is 13.4. The number of benzene rings is 2. The molecule has 0 radical (unpaired) electrons. The predicted molar refractivity (Wildman–Crippen MR) is 137 cm³/mol. The van der Waals surface area contributed by atoms with E-state index in [0.717, 1.165) is 69.2 Å². The first-order valence-electron chi connectivity index (χ1n) is 13.1. The van der Waals surface area contributed by atoms with Crippen LogP contribution >= 0.6 is 0 Å². The van der Waals surface area contributed by atoms with Gasteiger partial charge in [-0.05, 0) is 100.0 Å². The summed E-state index contributed by atoms with van der Waals surface area (Å²) in [6.07, 6.45) is 7.45. The molecule has 2 fully saturated rings. The number of fused-ring (bicyclic) bond motifs is 1. The zero-order valence-corrected chi connectivity index (χ0v) is 21.7. The third kappa shape index (κ3) is 5.75. The highest BCUT2D eigenvalue weighted by Gasteiger charge is 2.28. The van der Waals surface area contributed by atoms with Crippen LogP contribution in [0.25, 0.3) is 11.0 Å². The number of rotatable bonds is 8. The number of nitrogens with zero attached hydrogens (tertiary/aromatic N) is 2. The quantitative estimate of drug-likeness (QED) is 0.377. The van der Waals surface area contributed by atoms with Crippen molar-refractivity contribution in [3.8, 4) is 5.75 Å². The van der Waals surface area contributed by atoms with Gasteiger partial charge >= 0.3 is 0 Å². The van der Waals surface area contributed by atoms with Gasteiger partial charge in [0.2, 0.25) is 0 Å². The maximum atomic E-state index is 13.4. The minimum absolute atomic E-state index is 0.239. The first-order valence-corrected chi connectivity index (χ1v) is 14.7. The summed E-state index contributed by atoms with van der Waals surface area (Å²) in [6.45, 7) is 3.17. The van der Waals surface area contributed by atoms with E-state index < -0.39 is 9.84 Å². The van der Waals surface area contributed by atoms with Gasteiger partial charge in [0.05, 0.1) is 23.5 Å². The van der Waals surface area contributed by atoms with Gasteiger partial charge in [-0.2, -0.15) is 0 Å². The Balaban J connectivity index is 1.04. The fourth-order valence-electron chi connectivity index (χ4n) is 5.90. The minimum atomic E-state index is -3.27. The van der Waals surface area contributed by atoms with Gasteiger partial charge in [-0.1, -0.05) is 18.0 Å². The Bertz CT molecular complexity index is 1260. The minimum Gasteiger partial charge on any atom is -0.497 e. The van der Waals surface area contributed by atoms with Crippen molar-refractivity contribution in [1.29, 1.82) is 0 Å². The molecule has 3 aromatic rings. The van der Waals surface area contributed by atoms with Crippen LogP contribution in [0.3, 0.4) is 0 Å². The van der Waals surface area contributed by atoms with Crippen LogP contribution in [0, 0.1) is 17.7 Å². The fraction of sp³-hybridized carbons (Fsp3) is 0.536. The Morgan fingerprint density at radius 1 is 1.00 bits per heavy atom. The molecule has 0 unspecified atom stereocenters. The predicted octanol–water partition coefficient (Wildman–Crippen LogP) is 5.83. The Morgan fingerprint density at radius 3 is 2.39 bits per heavy atom. The fourth-order valence-corrected chi connectivity index (χ4v) is 7.59. The molecular weight excluding hydrogens is 479 g/mol. The van der Waals surface area contributed by atoms with E-state index in [1.807, 2.05) is 0 Å². The summed E-state index contributed by atoms with van der Waals surface area (Å²) in [5, 5.41) is 5.19. The number of methoxy groups -OCH3 is 1. The summed E-state index contributed by atoms with van der Waals surface area (Å²) in [6, 6.07) is 11.4. The highest BCUT2D eigenvalue weighted by Crippen LogP contribution is 2.35. The van der Waals surface area contributed by atoms with Crippen LogP contribution in [0.1, 0.15) is 56.6 Å². The highest BCUT2D eigenvalue weighted by molar-refractivity contribution is 7.91. The lowest BCUT2D eigenvalue weighted by Gasteiger charge is -2.34. The molecule has 1 saturated carbocycles. The molecule has 2 aromatic carbocycles. The molecule has 194 valence electrons. The topological polar surface area (TPSA) is 72.6 Å². The van der Waals surface area contributed by atoms with Crippen LogP contribution in [0.15, 0.2) is 51.9 Å². The number of piperidine rings is 1. The van der Waals surface area contributed by atoms with Gasteiger partial charge in [-0.3, -0.25) is 0 Å². The van der Waals surface area contributed by atoms with Crippen molar-refractivity contribution in [2.45, 2.75) is 55.8 Å². The monoisotopic (exact) mass is 514 g/mol. The maximum Gasteiger partial charge on any atom is 0.178 e. The second-order valence-corrected chi connectivity index (χ2v) is 12.5. The molecule has 5 rings (SSSR count). The first kappa shape index (κ1) is 25.2. The molecule has 1 saturated heterocycles. The van der Waals surface area contributed by atoms with E-state index in [9.17, 15) is 12.8 Å². The number of sulfone groups is 1. The van der Waals surface area contributed by atoms with Crippen molar-refractivity contribution >= 4 is 20.8 Å². The van der Waals surface area contributed by atoms with Gasteiger partial charge in [-0.15, -0.1) is 0 Å². The zero-order valence-electron chi connectivity index (χ0n) is 20.9. The summed E-state index contributed by atoms with van der Waals surface area (Å²) >= 11 is 0. The molecule has 1 aliphatic carbocycles. The van der Waals surface area contributed by atoms with Gasteiger partial charge in [0, 0.05) is 17.4 Å². The lowest BCUT2D eigenvalue weighted by molar-refractivity contribution is 0.180. The van der Waals surface area contributed by atoms with Gasteiger partial charge in [-0.25, -0.2) is 12.8 Å². The first-order chi connectivity index (χ1) is 17.4. The van der Waals surface area contributed by atoms with E-state index in [0.29, 0.717) is 28.1 Å². The van der Waals surface area contributed by atoms with E-state index in [2.05, 4.69) is 10.1 Å². The van der Waals surface area contributed by atoms with E-state index in [-0.39, 0.29) is 17.5 Å². The smallest absolute Gasteiger partial charge is 0.178 e. The second-order valence-electron chi connectivity index (χ2n) is 10.5. The van der Waals surface area contributed by atoms with Crippen molar-refractivity contribution in [2.24, 2.45) is 11.8 Å². The summed E-state index contributed by atoms with van der Waals surface area (Å²) in [4.78, 5) is 2.93. The molecule has 0 bridgehead atoms. The molecule has 6 nitrogen and oxygen atoms in total. The van der Waals surface area contributed by atoms with Gasteiger partial charge in [0.1, 0.15) is 11.6 Å². The molecule has 36 heavy (non-hydrogen) atoms. The van der Waals surface area contributed by atoms with Gasteiger partial charge in [0.15, 0.2) is 15.4 Å². The molecule has 1 aliphatic heterocycles. The molecule has 0 spiro atoms. The number of ether oxygens (including phenoxy) is 1. The number of likely N-dealkylation sites (tertiary alicyclic amines) is 1. The Labute approximate surface area is 212 Å². The van der Waals surface area contributed by atoms with Gasteiger partial charge < -0.3 is 14.2 Å². The summed E-state index contributed by atoms with van der Waals surface area (Å²) in [5.74, 6) is 1.89. The number of halogens is 1. The zero-order chi connectivity index (χ0) is 25.1. The third-order valence-corrected chi connectivity index (χ3v) is 10.0.